The van der Waals surface area contributed by atoms with Gasteiger partial charge < -0.3 is 5.73 Å². The number of nitriles is 1. The van der Waals surface area contributed by atoms with Crippen molar-refractivity contribution < 1.29 is 0 Å². The maximum atomic E-state index is 9.00. The SMILES string of the molecule is N#Cc1ccc(Cl)c(-n2c(N)nc3cc(Br)cnc32)c1. The first-order chi connectivity index (χ1) is 9.60. The number of halogens is 2. The molecule has 0 unspecified atom stereocenters. The predicted molar refractivity (Wildman–Crippen MR) is 80.7 cm³/mol. The van der Waals surface area contributed by atoms with E-state index in [1.54, 1.807) is 29.0 Å². The van der Waals surface area contributed by atoms with Crippen LogP contribution in [-0.2, 0) is 0 Å². The van der Waals surface area contributed by atoms with Crippen molar-refractivity contribution in [3.05, 3.63) is 45.5 Å². The maximum absolute atomic E-state index is 9.00. The summed E-state index contributed by atoms with van der Waals surface area (Å²) in [7, 11) is 0. The Labute approximate surface area is 127 Å². The Morgan fingerprint density at radius 1 is 1.35 bits per heavy atom. The van der Waals surface area contributed by atoms with E-state index in [0.717, 1.165) is 4.47 Å². The Bertz CT molecular complexity index is 865. The van der Waals surface area contributed by atoms with Gasteiger partial charge in [0.2, 0.25) is 5.95 Å². The van der Waals surface area contributed by atoms with Crippen LogP contribution in [0.3, 0.4) is 0 Å². The zero-order chi connectivity index (χ0) is 14.3. The maximum Gasteiger partial charge on any atom is 0.207 e. The number of rotatable bonds is 1. The molecule has 0 saturated heterocycles. The predicted octanol–water partition coefficient (Wildman–Crippen LogP) is 3.29. The van der Waals surface area contributed by atoms with E-state index in [4.69, 9.17) is 22.6 Å². The van der Waals surface area contributed by atoms with Gasteiger partial charge >= 0.3 is 0 Å². The lowest BCUT2D eigenvalue weighted by atomic mass is 10.2. The number of pyridine rings is 1. The number of nitrogens with zero attached hydrogens (tertiary/aromatic N) is 4. The molecule has 0 spiro atoms. The van der Waals surface area contributed by atoms with Gasteiger partial charge in [0.15, 0.2) is 5.65 Å². The van der Waals surface area contributed by atoms with Crippen molar-refractivity contribution in [3.63, 3.8) is 0 Å². The van der Waals surface area contributed by atoms with E-state index in [2.05, 4.69) is 32.0 Å². The first-order valence-electron chi connectivity index (χ1n) is 5.59. The molecule has 0 aliphatic rings. The Morgan fingerprint density at radius 3 is 2.90 bits per heavy atom. The third-order valence-corrected chi connectivity index (χ3v) is 3.56. The summed E-state index contributed by atoms with van der Waals surface area (Å²) in [6.07, 6.45) is 1.65. The van der Waals surface area contributed by atoms with Crippen LogP contribution in [0.5, 0.6) is 0 Å². The Hall–Kier alpha value is -2.10. The monoisotopic (exact) mass is 347 g/mol. The highest BCUT2D eigenvalue weighted by atomic mass is 79.9. The lowest BCUT2D eigenvalue weighted by Crippen LogP contribution is -2.02. The lowest BCUT2D eigenvalue weighted by Gasteiger charge is -2.08. The summed E-state index contributed by atoms with van der Waals surface area (Å²) in [6.45, 7) is 0. The molecular weight excluding hydrogens is 342 g/mol. The summed E-state index contributed by atoms with van der Waals surface area (Å²) in [5.74, 6) is 0.266. The van der Waals surface area contributed by atoms with Gasteiger partial charge in [0.05, 0.1) is 22.3 Å². The van der Waals surface area contributed by atoms with Gasteiger partial charge in [0, 0.05) is 10.7 Å². The molecule has 0 bridgehead atoms. The molecule has 5 nitrogen and oxygen atoms in total. The largest absolute Gasteiger partial charge is 0.369 e. The van der Waals surface area contributed by atoms with Crippen molar-refractivity contribution in [2.45, 2.75) is 0 Å². The Kier molecular flexibility index (Phi) is 3.08. The van der Waals surface area contributed by atoms with Crippen LogP contribution in [0.2, 0.25) is 5.02 Å². The number of nitrogen functional groups attached to an aromatic ring is 1. The van der Waals surface area contributed by atoms with Gasteiger partial charge in [-0.15, -0.1) is 0 Å². The Morgan fingerprint density at radius 2 is 2.15 bits per heavy atom. The number of benzene rings is 1. The summed E-state index contributed by atoms with van der Waals surface area (Å²) < 4.78 is 2.44. The van der Waals surface area contributed by atoms with Crippen molar-refractivity contribution in [1.29, 1.82) is 5.26 Å². The normalized spacial score (nSPS) is 10.7. The first kappa shape index (κ1) is 12.9. The van der Waals surface area contributed by atoms with E-state index in [1.165, 1.54) is 0 Å². The minimum atomic E-state index is 0.266. The molecule has 0 atom stereocenters. The van der Waals surface area contributed by atoms with E-state index in [9.17, 15) is 0 Å². The molecule has 3 rings (SSSR count). The van der Waals surface area contributed by atoms with E-state index in [0.29, 0.717) is 27.4 Å². The molecule has 0 radical (unpaired) electrons. The number of hydrogen-bond acceptors (Lipinski definition) is 4. The fourth-order valence-electron chi connectivity index (χ4n) is 1.95. The molecule has 0 saturated carbocycles. The van der Waals surface area contributed by atoms with E-state index in [-0.39, 0.29) is 5.95 Å². The van der Waals surface area contributed by atoms with Crippen molar-refractivity contribution in [3.8, 4) is 11.8 Å². The van der Waals surface area contributed by atoms with Gasteiger partial charge in [-0.25, -0.2) is 9.97 Å². The van der Waals surface area contributed by atoms with Crippen LogP contribution in [0.1, 0.15) is 5.56 Å². The van der Waals surface area contributed by atoms with Gasteiger partial charge in [-0.3, -0.25) is 4.57 Å². The van der Waals surface area contributed by atoms with E-state index < -0.39 is 0 Å². The second kappa shape index (κ2) is 4.78. The van der Waals surface area contributed by atoms with Crippen molar-refractivity contribution in [1.82, 2.24) is 14.5 Å². The number of anilines is 1. The molecule has 2 heterocycles. The van der Waals surface area contributed by atoms with Crippen molar-refractivity contribution in [2.75, 3.05) is 5.73 Å². The van der Waals surface area contributed by atoms with Gasteiger partial charge in [0.1, 0.15) is 5.52 Å². The van der Waals surface area contributed by atoms with Crippen LogP contribution in [0, 0.1) is 11.3 Å². The number of nitrogens with two attached hydrogens (primary N) is 1. The van der Waals surface area contributed by atoms with Crippen LogP contribution < -0.4 is 5.73 Å². The third kappa shape index (κ3) is 2.01. The standard InChI is InChI=1S/C13H7BrClN5/c14-8-4-10-12(18-6-8)20(13(17)19-10)11-3-7(5-16)1-2-9(11)15/h1-4,6H,(H2,17,19). The number of imidazole rings is 1. The van der Waals surface area contributed by atoms with Gasteiger partial charge in [-0.05, 0) is 40.2 Å². The molecule has 20 heavy (non-hydrogen) atoms. The summed E-state index contributed by atoms with van der Waals surface area (Å²) >= 11 is 9.54. The lowest BCUT2D eigenvalue weighted by molar-refractivity contribution is 1.08. The highest BCUT2D eigenvalue weighted by molar-refractivity contribution is 9.10. The molecule has 2 aromatic heterocycles. The minimum Gasteiger partial charge on any atom is -0.369 e. The minimum absolute atomic E-state index is 0.266. The number of fused-ring (bicyclic) bond motifs is 1. The molecule has 3 aromatic rings. The van der Waals surface area contributed by atoms with Crippen LogP contribution in [0.15, 0.2) is 34.9 Å². The van der Waals surface area contributed by atoms with Crippen LogP contribution in [0.4, 0.5) is 5.95 Å². The fraction of sp³-hybridized carbons (Fsp3) is 0. The van der Waals surface area contributed by atoms with Gasteiger partial charge in [-0.1, -0.05) is 11.6 Å². The highest BCUT2D eigenvalue weighted by Crippen LogP contribution is 2.28. The zero-order valence-corrected chi connectivity index (χ0v) is 12.4. The van der Waals surface area contributed by atoms with Crippen molar-refractivity contribution in [2.24, 2.45) is 0 Å². The van der Waals surface area contributed by atoms with Crippen LogP contribution in [-0.4, -0.2) is 14.5 Å². The molecule has 0 aliphatic carbocycles. The number of aromatic nitrogens is 3. The third-order valence-electron chi connectivity index (χ3n) is 2.81. The smallest absolute Gasteiger partial charge is 0.207 e. The van der Waals surface area contributed by atoms with Gasteiger partial charge in [0.25, 0.3) is 0 Å². The summed E-state index contributed by atoms with van der Waals surface area (Å²) in [4.78, 5) is 8.56. The van der Waals surface area contributed by atoms with Crippen molar-refractivity contribution >= 4 is 44.6 Å². The fourth-order valence-corrected chi connectivity index (χ4v) is 2.47. The summed E-state index contributed by atoms with van der Waals surface area (Å²) in [6, 6.07) is 8.84. The Balaban J connectivity index is 2.35. The average molecular weight is 349 g/mol. The number of hydrogen-bond donors (Lipinski definition) is 1. The second-order valence-electron chi connectivity index (χ2n) is 4.08. The van der Waals surface area contributed by atoms with Gasteiger partial charge in [-0.2, -0.15) is 5.26 Å². The summed E-state index contributed by atoms with van der Waals surface area (Å²) in [5, 5.41) is 9.47. The first-order valence-corrected chi connectivity index (χ1v) is 6.77. The average Bonchev–Trinajstić information content (AvgIpc) is 2.74. The zero-order valence-electron chi connectivity index (χ0n) is 10.0. The van der Waals surface area contributed by atoms with E-state index in [1.807, 2.05) is 6.07 Å². The highest BCUT2D eigenvalue weighted by Gasteiger charge is 2.14. The quantitative estimate of drug-likeness (QED) is 0.731. The topological polar surface area (TPSA) is 80.5 Å². The molecule has 98 valence electrons. The molecule has 1 aromatic carbocycles. The molecule has 7 heteroatoms. The molecule has 0 amide bonds. The second-order valence-corrected chi connectivity index (χ2v) is 5.40. The van der Waals surface area contributed by atoms with Crippen LogP contribution in [0.25, 0.3) is 16.9 Å². The summed E-state index contributed by atoms with van der Waals surface area (Å²) in [5.41, 5.74) is 8.26. The molecule has 2 N–H and O–H groups in total. The molecular formula is C13H7BrClN5. The van der Waals surface area contributed by atoms with E-state index >= 15 is 0 Å². The molecule has 0 aliphatic heterocycles. The molecule has 0 fully saturated rings. The van der Waals surface area contributed by atoms with Crippen LogP contribution >= 0.6 is 27.5 Å².